The number of amides is 1. The molecule has 0 bridgehead atoms. The molecule has 0 spiro atoms. The molecule has 0 saturated heterocycles. The minimum Gasteiger partial charge on any atom is -0.378 e. The normalized spacial score (nSPS) is 9.18. The summed E-state index contributed by atoms with van der Waals surface area (Å²) < 4.78 is 0. The van der Waals surface area contributed by atoms with E-state index in [1.807, 2.05) is 6.92 Å². The standard InChI is InChI=1S/C6H13N3OS/c1-2-3-4-9-6(10)11-5(7)8/h2-4H2,1H3,(H3,7,8)(H,9,10). The maximum absolute atomic E-state index is 10.8. The maximum atomic E-state index is 10.8. The zero-order chi connectivity index (χ0) is 8.69. The van der Waals surface area contributed by atoms with Gasteiger partial charge in [0.25, 0.3) is 5.24 Å². The van der Waals surface area contributed by atoms with Crippen molar-refractivity contribution in [1.29, 1.82) is 5.41 Å². The Kier molecular flexibility index (Phi) is 5.64. The lowest BCUT2D eigenvalue weighted by molar-refractivity contribution is 0.261. The van der Waals surface area contributed by atoms with Gasteiger partial charge in [0.15, 0.2) is 5.17 Å². The molecule has 11 heavy (non-hydrogen) atoms. The summed E-state index contributed by atoms with van der Waals surface area (Å²) in [5, 5.41) is 8.99. The molecule has 64 valence electrons. The first-order valence-electron chi connectivity index (χ1n) is 3.46. The summed E-state index contributed by atoms with van der Waals surface area (Å²) in [5.41, 5.74) is 4.98. The Balaban J connectivity index is 3.30. The summed E-state index contributed by atoms with van der Waals surface area (Å²) in [6, 6.07) is 0. The molecule has 0 atom stereocenters. The number of carbonyl (C=O) groups excluding carboxylic acids is 1. The Morgan fingerprint density at radius 2 is 2.36 bits per heavy atom. The highest BCUT2D eigenvalue weighted by Crippen LogP contribution is 1.98. The minimum absolute atomic E-state index is 0.168. The Labute approximate surface area is 70.4 Å². The number of nitrogens with two attached hydrogens (primary N) is 1. The quantitative estimate of drug-likeness (QED) is 0.341. The van der Waals surface area contributed by atoms with Crippen molar-refractivity contribution in [3.63, 3.8) is 0 Å². The molecular formula is C6H13N3OS. The van der Waals surface area contributed by atoms with E-state index < -0.39 is 0 Å². The highest BCUT2D eigenvalue weighted by molar-refractivity contribution is 8.26. The smallest absolute Gasteiger partial charge is 0.286 e. The summed E-state index contributed by atoms with van der Waals surface area (Å²) in [6.45, 7) is 2.71. The number of hydrogen-bond donors (Lipinski definition) is 3. The number of thioether (sulfide) groups is 1. The van der Waals surface area contributed by atoms with Crippen LogP contribution in [0, 0.1) is 5.41 Å². The molecule has 0 aliphatic heterocycles. The van der Waals surface area contributed by atoms with Gasteiger partial charge < -0.3 is 11.1 Å². The molecule has 5 heteroatoms. The summed E-state index contributed by atoms with van der Waals surface area (Å²) in [4.78, 5) is 10.8. The van der Waals surface area contributed by atoms with Crippen molar-refractivity contribution < 1.29 is 4.79 Å². The van der Waals surface area contributed by atoms with Crippen LogP contribution in [-0.4, -0.2) is 17.0 Å². The SMILES string of the molecule is CCCCNC(=O)SC(=N)N. The molecule has 0 heterocycles. The van der Waals surface area contributed by atoms with Gasteiger partial charge in [-0.25, -0.2) is 0 Å². The van der Waals surface area contributed by atoms with Gasteiger partial charge in [-0.3, -0.25) is 10.2 Å². The number of carbonyl (C=O) groups is 1. The molecule has 0 saturated carbocycles. The van der Waals surface area contributed by atoms with Gasteiger partial charge >= 0.3 is 0 Å². The number of rotatable bonds is 3. The van der Waals surface area contributed by atoms with Crippen LogP contribution in [0.25, 0.3) is 0 Å². The van der Waals surface area contributed by atoms with Crippen molar-refractivity contribution >= 4 is 22.2 Å². The third kappa shape index (κ3) is 7.18. The number of unbranched alkanes of at least 4 members (excludes halogenated alkanes) is 1. The van der Waals surface area contributed by atoms with Crippen LogP contribution >= 0.6 is 11.8 Å². The van der Waals surface area contributed by atoms with E-state index in [9.17, 15) is 4.79 Å². The van der Waals surface area contributed by atoms with Gasteiger partial charge in [0.2, 0.25) is 0 Å². The van der Waals surface area contributed by atoms with Crippen molar-refractivity contribution in [3.05, 3.63) is 0 Å². The van der Waals surface area contributed by atoms with Crippen molar-refractivity contribution in [2.75, 3.05) is 6.54 Å². The molecule has 4 N–H and O–H groups in total. The summed E-state index contributed by atoms with van der Waals surface area (Å²) in [5.74, 6) is 0. The summed E-state index contributed by atoms with van der Waals surface area (Å²) in [6.07, 6.45) is 2.01. The van der Waals surface area contributed by atoms with Gasteiger partial charge in [-0.15, -0.1) is 0 Å². The van der Waals surface area contributed by atoms with E-state index in [4.69, 9.17) is 11.1 Å². The average Bonchev–Trinajstić information content (AvgIpc) is 1.86. The molecule has 0 aromatic rings. The molecule has 0 aliphatic carbocycles. The van der Waals surface area contributed by atoms with Crippen LogP contribution in [0.15, 0.2) is 0 Å². The molecule has 1 amide bonds. The monoisotopic (exact) mass is 175 g/mol. The van der Waals surface area contributed by atoms with Crippen molar-refractivity contribution in [1.82, 2.24) is 5.32 Å². The van der Waals surface area contributed by atoms with E-state index in [0.29, 0.717) is 18.3 Å². The van der Waals surface area contributed by atoms with E-state index in [1.54, 1.807) is 0 Å². The zero-order valence-electron chi connectivity index (χ0n) is 6.52. The molecular weight excluding hydrogens is 162 g/mol. The van der Waals surface area contributed by atoms with Crippen molar-refractivity contribution in [3.8, 4) is 0 Å². The van der Waals surface area contributed by atoms with Crippen LogP contribution in [0.3, 0.4) is 0 Å². The third-order valence-corrected chi connectivity index (χ3v) is 1.55. The molecule has 0 aliphatic rings. The largest absolute Gasteiger partial charge is 0.378 e. The van der Waals surface area contributed by atoms with Gasteiger partial charge in [-0.1, -0.05) is 13.3 Å². The third-order valence-electron chi connectivity index (χ3n) is 1.00. The second-order valence-corrected chi connectivity index (χ2v) is 3.05. The van der Waals surface area contributed by atoms with Crippen LogP contribution < -0.4 is 11.1 Å². The van der Waals surface area contributed by atoms with Crippen molar-refractivity contribution in [2.45, 2.75) is 19.8 Å². The number of hydrogen-bond acceptors (Lipinski definition) is 3. The molecule has 0 aromatic carbocycles. The van der Waals surface area contributed by atoms with Crippen LogP contribution in [0.5, 0.6) is 0 Å². The second-order valence-electron chi connectivity index (χ2n) is 2.03. The predicted molar refractivity (Wildman–Crippen MR) is 47.8 cm³/mol. The second kappa shape index (κ2) is 6.03. The summed E-state index contributed by atoms with van der Waals surface area (Å²) in [7, 11) is 0. The fraction of sp³-hybridized carbons (Fsp3) is 0.667. The Bertz CT molecular complexity index is 149. The molecule has 0 aromatic heterocycles. The lowest BCUT2D eigenvalue weighted by Gasteiger charge is -2.00. The van der Waals surface area contributed by atoms with Gasteiger partial charge in [0, 0.05) is 18.3 Å². The lowest BCUT2D eigenvalue weighted by Crippen LogP contribution is -2.22. The van der Waals surface area contributed by atoms with E-state index >= 15 is 0 Å². The molecule has 0 unspecified atom stereocenters. The number of amidine groups is 1. The predicted octanol–water partition coefficient (Wildman–Crippen LogP) is 1.12. The highest BCUT2D eigenvalue weighted by Gasteiger charge is 2.01. The molecule has 0 fully saturated rings. The summed E-state index contributed by atoms with van der Waals surface area (Å²) >= 11 is 0.716. The van der Waals surface area contributed by atoms with E-state index in [1.165, 1.54) is 0 Å². The van der Waals surface area contributed by atoms with Gasteiger partial charge in [0.05, 0.1) is 0 Å². The maximum Gasteiger partial charge on any atom is 0.286 e. The molecule has 0 rings (SSSR count). The Morgan fingerprint density at radius 1 is 1.73 bits per heavy atom. The van der Waals surface area contributed by atoms with Gasteiger partial charge in [-0.2, -0.15) is 0 Å². The van der Waals surface area contributed by atoms with E-state index in [0.717, 1.165) is 12.8 Å². The van der Waals surface area contributed by atoms with E-state index in [2.05, 4.69) is 5.32 Å². The minimum atomic E-state index is -0.244. The first-order valence-corrected chi connectivity index (χ1v) is 4.28. The zero-order valence-corrected chi connectivity index (χ0v) is 7.33. The van der Waals surface area contributed by atoms with Crippen molar-refractivity contribution in [2.24, 2.45) is 5.73 Å². The van der Waals surface area contributed by atoms with Crippen LogP contribution in [-0.2, 0) is 0 Å². The van der Waals surface area contributed by atoms with Gasteiger partial charge in [0.1, 0.15) is 0 Å². The molecule has 0 radical (unpaired) electrons. The first kappa shape index (κ1) is 10.3. The number of nitrogens with one attached hydrogen (secondary N) is 2. The first-order chi connectivity index (χ1) is 5.16. The van der Waals surface area contributed by atoms with E-state index in [-0.39, 0.29) is 10.4 Å². The topological polar surface area (TPSA) is 79.0 Å². The van der Waals surface area contributed by atoms with Crippen LogP contribution in [0.4, 0.5) is 4.79 Å². The van der Waals surface area contributed by atoms with Crippen LogP contribution in [0.1, 0.15) is 19.8 Å². The average molecular weight is 175 g/mol. The fourth-order valence-corrected chi connectivity index (χ4v) is 0.877. The fourth-order valence-electron chi connectivity index (χ4n) is 0.503. The van der Waals surface area contributed by atoms with Crippen LogP contribution in [0.2, 0.25) is 0 Å². The van der Waals surface area contributed by atoms with Gasteiger partial charge in [-0.05, 0) is 6.42 Å². The Morgan fingerprint density at radius 3 is 2.82 bits per heavy atom. The lowest BCUT2D eigenvalue weighted by atomic mass is 10.3. The molecule has 4 nitrogen and oxygen atoms in total. The highest BCUT2D eigenvalue weighted by atomic mass is 32.2. The Hall–Kier alpha value is -0.710.